The number of rotatable bonds is 1. The van der Waals surface area contributed by atoms with Gasteiger partial charge in [-0.1, -0.05) is 0 Å². The molecule has 132 valence electrons. The maximum atomic E-state index is 14.0. The standard InChI is InChI=1S/C9H6F12O/c1-3-2-4(7(13,14)15,8(16,17)18)6(12,22-3)5(10,11)9(19,20)21/h3H,2H2,1H3. The van der Waals surface area contributed by atoms with Gasteiger partial charge in [0.1, 0.15) is 0 Å². The Bertz CT molecular complexity index is 417. The van der Waals surface area contributed by atoms with Crippen molar-refractivity contribution in [2.45, 2.75) is 49.8 Å². The van der Waals surface area contributed by atoms with Gasteiger partial charge in [-0.15, -0.1) is 0 Å². The van der Waals surface area contributed by atoms with E-state index in [1.165, 1.54) is 0 Å². The van der Waals surface area contributed by atoms with Crippen LogP contribution in [-0.4, -0.2) is 36.4 Å². The van der Waals surface area contributed by atoms with E-state index >= 15 is 0 Å². The molecule has 0 spiro atoms. The summed E-state index contributed by atoms with van der Waals surface area (Å²) in [6.45, 7) is 0.319. The van der Waals surface area contributed by atoms with Crippen LogP contribution < -0.4 is 0 Å². The molecule has 1 aliphatic heterocycles. The summed E-state index contributed by atoms with van der Waals surface area (Å²) in [6, 6.07) is 0. The lowest BCUT2D eigenvalue weighted by molar-refractivity contribution is -0.463. The fourth-order valence-corrected chi connectivity index (χ4v) is 2.26. The van der Waals surface area contributed by atoms with Crippen LogP contribution in [0.5, 0.6) is 0 Å². The van der Waals surface area contributed by atoms with Crippen molar-refractivity contribution >= 4 is 0 Å². The van der Waals surface area contributed by atoms with E-state index in [-0.39, 0.29) is 0 Å². The van der Waals surface area contributed by atoms with Crippen LogP contribution in [0.15, 0.2) is 0 Å². The lowest BCUT2D eigenvalue weighted by atomic mass is 9.73. The Hall–Kier alpha value is -0.880. The maximum absolute atomic E-state index is 14.0. The number of alkyl halides is 12. The molecule has 13 heteroatoms. The molecule has 1 rings (SSSR count). The lowest BCUT2D eigenvalue weighted by Crippen LogP contribution is -2.70. The third-order valence-corrected chi connectivity index (χ3v) is 3.23. The summed E-state index contributed by atoms with van der Waals surface area (Å²) in [6.07, 6.45) is -25.6. The van der Waals surface area contributed by atoms with Gasteiger partial charge in [0, 0.05) is 6.42 Å². The van der Waals surface area contributed by atoms with E-state index in [1.807, 2.05) is 0 Å². The van der Waals surface area contributed by atoms with Crippen molar-refractivity contribution in [2.24, 2.45) is 5.41 Å². The van der Waals surface area contributed by atoms with Gasteiger partial charge in [0.15, 0.2) is 0 Å². The first kappa shape index (κ1) is 19.2. The van der Waals surface area contributed by atoms with Crippen molar-refractivity contribution in [1.29, 1.82) is 0 Å². The first-order chi connectivity index (χ1) is 9.35. The molecular formula is C9H6F12O. The fourth-order valence-electron chi connectivity index (χ4n) is 2.26. The predicted molar refractivity (Wildman–Crippen MR) is 44.5 cm³/mol. The van der Waals surface area contributed by atoms with Gasteiger partial charge in [0.2, 0.25) is 5.41 Å². The van der Waals surface area contributed by atoms with Crippen molar-refractivity contribution in [1.82, 2.24) is 0 Å². The van der Waals surface area contributed by atoms with Gasteiger partial charge in [-0.05, 0) is 6.92 Å². The van der Waals surface area contributed by atoms with Crippen LogP contribution in [0.25, 0.3) is 0 Å². The minimum atomic E-state index is -7.05. The number of hydrogen-bond acceptors (Lipinski definition) is 1. The molecule has 0 aromatic heterocycles. The molecule has 0 bridgehead atoms. The number of halogens is 12. The van der Waals surface area contributed by atoms with Gasteiger partial charge in [0.25, 0.3) is 0 Å². The zero-order valence-corrected chi connectivity index (χ0v) is 10.2. The van der Waals surface area contributed by atoms with Gasteiger partial charge >= 0.3 is 30.3 Å². The van der Waals surface area contributed by atoms with Crippen LogP contribution in [0.4, 0.5) is 52.7 Å². The van der Waals surface area contributed by atoms with E-state index in [2.05, 4.69) is 4.74 Å². The summed E-state index contributed by atoms with van der Waals surface area (Å²) in [5.41, 5.74) is -6.02. The van der Waals surface area contributed by atoms with Gasteiger partial charge in [-0.2, -0.15) is 48.3 Å². The minimum absolute atomic E-state index is 0.319. The highest BCUT2D eigenvalue weighted by atomic mass is 19.4. The first-order valence-electron chi connectivity index (χ1n) is 5.30. The molecule has 1 saturated heterocycles. The van der Waals surface area contributed by atoms with Crippen LogP contribution in [0.2, 0.25) is 0 Å². The summed E-state index contributed by atoms with van der Waals surface area (Å²) in [5.74, 6) is -13.4. The monoisotopic (exact) mass is 358 g/mol. The SMILES string of the molecule is CC1CC(C(F)(F)F)(C(F)(F)F)C(F)(C(F)(F)C(F)(F)F)O1. The Morgan fingerprint density at radius 1 is 0.818 bits per heavy atom. The molecule has 0 aromatic carbocycles. The van der Waals surface area contributed by atoms with Gasteiger partial charge in [0.05, 0.1) is 6.10 Å². The normalized spacial score (nSPS) is 30.7. The van der Waals surface area contributed by atoms with Crippen molar-refractivity contribution < 1.29 is 57.4 Å². The molecule has 0 aromatic rings. The second-order valence-electron chi connectivity index (χ2n) is 4.70. The molecule has 1 heterocycles. The van der Waals surface area contributed by atoms with Crippen molar-refractivity contribution in [3.05, 3.63) is 0 Å². The van der Waals surface area contributed by atoms with Crippen LogP contribution in [-0.2, 0) is 4.74 Å². The second kappa shape index (κ2) is 4.57. The summed E-state index contributed by atoms with van der Waals surface area (Å²) >= 11 is 0. The van der Waals surface area contributed by atoms with Crippen LogP contribution in [0, 0.1) is 5.41 Å². The third kappa shape index (κ3) is 2.14. The zero-order valence-electron chi connectivity index (χ0n) is 10.2. The first-order valence-corrected chi connectivity index (χ1v) is 5.30. The topological polar surface area (TPSA) is 9.23 Å². The molecular weight excluding hydrogens is 352 g/mol. The molecule has 0 N–H and O–H groups in total. The second-order valence-corrected chi connectivity index (χ2v) is 4.70. The molecule has 0 saturated carbocycles. The third-order valence-electron chi connectivity index (χ3n) is 3.23. The van der Waals surface area contributed by atoms with Crippen molar-refractivity contribution in [3.63, 3.8) is 0 Å². The Kier molecular flexibility index (Phi) is 3.98. The van der Waals surface area contributed by atoms with E-state index in [1.54, 1.807) is 0 Å². The zero-order chi connectivity index (χ0) is 18.0. The summed E-state index contributed by atoms with van der Waals surface area (Å²) in [5, 5.41) is 0. The van der Waals surface area contributed by atoms with E-state index in [9.17, 15) is 52.7 Å². The molecule has 0 aliphatic carbocycles. The Labute approximate surface area is 114 Å². The van der Waals surface area contributed by atoms with Crippen LogP contribution in [0.3, 0.4) is 0 Å². The quantitative estimate of drug-likeness (QED) is 0.614. The van der Waals surface area contributed by atoms with E-state index in [0.717, 1.165) is 0 Å². The summed E-state index contributed by atoms with van der Waals surface area (Å²) in [7, 11) is 0. The summed E-state index contributed by atoms with van der Waals surface area (Å²) in [4.78, 5) is 0. The molecule has 2 unspecified atom stereocenters. The molecule has 1 aliphatic rings. The van der Waals surface area contributed by atoms with E-state index in [0.29, 0.717) is 6.92 Å². The lowest BCUT2D eigenvalue weighted by Gasteiger charge is -2.44. The van der Waals surface area contributed by atoms with Gasteiger partial charge < -0.3 is 4.74 Å². The fraction of sp³-hybridized carbons (Fsp3) is 1.00. The number of hydrogen-bond donors (Lipinski definition) is 0. The number of ether oxygens (including phenoxy) is 1. The predicted octanol–water partition coefficient (Wildman–Crippen LogP) is 4.77. The molecule has 2 atom stereocenters. The highest BCUT2D eigenvalue weighted by Gasteiger charge is 2.94. The summed E-state index contributed by atoms with van der Waals surface area (Å²) < 4.78 is 157. The van der Waals surface area contributed by atoms with E-state index in [4.69, 9.17) is 0 Å². The van der Waals surface area contributed by atoms with Crippen LogP contribution >= 0.6 is 0 Å². The van der Waals surface area contributed by atoms with Gasteiger partial charge in [-0.25, -0.2) is 4.39 Å². The largest absolute Gasteiger partial charge is 0.459 e. The highest BCUT2D eigenvalue weighted by Crippen LogP contribution is 2.70. The minimum Gasteiger partial charge on any atom is -0.337 e. The van der Waals surface area contributed by atoms with Crippen molar-refractivity contribution in [2.75, 3.05) is 0 Å². The van der Waals surface area contributed by atoms with Crippen LogP contribution in [0.1, 0.15) is 13.3 Å². The maximum Gasteiger partial charge on any atom is 0.459 e. The Morgan fingerprint density at radius 3 is 1.45 bits per heavy atom. The highest BCUT2D eigenvalue weighted by molar-refractivity contribution is 5.15. The smallest absolute Gasteiger partial charge is 0.337 e. The van der Waals surface area contributed by atoms with Gasteiger partial charge in [-0.3, -0.25) is 0 Å². The molecule has 1 nitrogen and oxygen atoms in total. The Balaban J connectivity index is 3.76. The molecule has 0 radical (unpaired) electrons. The molecule has 0 amide bonds. The van der Waals surface area contributed by atoms with E-state index < -0.39 is 48.2 Å². The molecule has 1 fully saturated rings. The average Bonchev–Trinajstić information content (AvgIpc) is 2.49. The Morgan fingerprint density at radius 2 is 1.18 bits per heavy atom. The molecule has 22 heavy (non-hydrogen) atoms. The van der Waals surface area contributed by atoms with Crippen molar-refractivity contribution in [3.8, 4) is 0 Å². The average molecular weight is 358 g/mol.